The number of hydrogen-bond donors (Lipinski definition) is 1. The number of carbonyl (C=O) groups excluding carboxylic acids is 1. The number of hydrogen-bond acceptors (Lipinski definition) is 3. The van der Waals surface area contributed by atoms with E-state index in [2.05, 4.69) is 15.9 Å². The van der Waals surface area contributed by atoms with Crippen molar-refractivity contribution in [3.05, 3.63) is 28.2 Å². The third-order valence-corrected chi connectivity index (χ3v) is 5.97. The fraction of sp³-hybridized carbons (Fsp3) is 0.529. The van der Waals surface area contributed by atoms with Crippen molar-refractivity contribution < 1.29 is 19.4 Å². The van der Waals surface area contributed by atoms with Crippen LogP contribution in [0.15, 0.2) is 22.7 Å². The smallest absolute Gasteiger partial charge is 0.326 e. The van der Waals surface area contributed by atoms with Gasteiger partial charge in [-0.3, -0.25) is 4.79 Å². The molecule has 1 amide bonds. The number of rotatable bonds is 2. The zero-order valence-corrected chi connectivity index (χ0v) is 14.2. The van der Waals surface area contributed by atoms with Crippen LogP contribution < -0.4 is 4.74 Å². The predicted octanol–water partition coefficient (Wildman–Crippen LogP) is 2.64. The van der Waals surface area contributed by atoms with E-state index in [0.29, 0.717) is 19.1 Å². The molecule has 2 aliphatic heterocycles. The number of nitrogens with zero attached hydrogens (tertiary/aromatic N) is 1. The van der Waals surface area contributed by atoms with Gasteiger partial charge in [0.2, 0.25) is 5.91 Å². The van der Waals surface area contributed by atoms with Gasteiger partial charge in [-0.2, -0.15) is 0 Å². The van der Waals surface area contributed by atoms with Crippen LogP contribution in [0, 0.1) is 11.8 Å². The summed E-state index contributed by atoms with van der Waals surface area (Å²) in [5, 5.41) is 9.63. The summed E-state index contributed by atoms with van der Waals surface area (Å²) in [6.45, 7) is 0.864. The molecule has 0 bridgehead atoms. The Balaban J connectivity index is 1.63. The van der Waals surface area contributed by atoms with Crippen molar-refractivity contribution in [1.29, 1.82) is 0 Å². The number of halogens is 1. The second-order valence-electron chi connectivity index (χ2n) is 6.67. The van der Waals surface area contributed by atoms with Crippen molar-refractivity contribution in [2.75, 3.05) is 13.2 Å². The maximum atomic E-state index is 13.0. The molecule has 23 heavy (non-hydrogen) atoms. The first-order valence-electron chi connectivity index (χ1n) is 8.02. The molecule has 1 N–H and O–H groups in total. The molecule has 1 aliphatic carbocycles. The third kappa shape index (κ3) is 2.35. The fourth-order valence-corrected chi connectivity index (χ4v) is 4.82. The van der Waals surface area contributed by atoms with Gasteiger partial charge in [0.25, 0.3) is 0 Å². The predicted molar refractivity (Wildman–Crippen MR) is 86.3 cm³/mol. The van der Waals surface area contributed by atoms with Gasteiger partial charge in [-0.25, -0.2) is 4.79 Å². The lowest BCUT2D eigenvalue weighted by Crippen LogP contribution is -2.45. The number of ether oxygens (including phenoxy) is 1. The molecule has 0 aromatic heterocycles. The third-order valence-electron chi connectivity index (χ3n) is 5.48. The van der Waals surface area contributed by atoms with E-state index in [0.717, 1.165) is 35.0 Å². The SMILES string of the molecule is O=C(O)C1C2CCCC2CN1C(=O)C1COc2ccc(Br)cc21. The molecule has 0 spiro atoms. The highest BCUT2D eigenvalue weighted by molar-refractivity contribution is 9.10. The Bertz CT molecular complexity index is 677. The summed E-state index contributed by atoms with van der Waals surface area (Å²) in [5.41, 5.74) is 0.852. The Kier molecular flexibility index (Phi) is 3.59. The van der Waals surface area contributed by atoms with Crippen LogP contribution in [-0.2, 0) is 9.59 Å². The number of amides is 1. The molecular formula is C17H18BrNO4. The highest BCUT2D eigenvalue weighted by Gasteiger charge is 2.51. The van der Waals surface area contributed by atoms with Crippen molar-refractivity contribution in [2.24, 2.45) is 11.8 Å². The van der Waals surface area contributed by atoms with Crippen LogP contribution in [0.25, 0.3) is 0 Å². The Hall–Kier alpha value is -1.56. The lowest BCUT2D eigenvalue weighted by molar-refractivity contribution is -0.150. The van der Waals surface area contributed by atoms with Crippen LogP contribution in [-0.4, -0.2) is 41.1 Å². The van der Waals surface area contributed by atoms with Gasteiger partial charge in [-0.15, -0.1) is 0 Å². The van der Waals surface area contributed by atoms with Gasteiger partial charge in [-0.05, 0) is 42.9 Å². The molecule has 4 atom stereocenters. The number of likely N-dealkylation sites (tertiary alicyclic amines) is 1. The fourth-order valence-electron chi connectivity index (χ4n) is 4.44. The monoisotopic (exact) mass is 379 g/mol. The Morgan fingerprint density at radius 1 is 1.30 bits per heavy atom. The lowest BCUT2D eigenvalue weighted by atomic mass is 9.94. The van der Waals surface area contributed by atoms with Gasteiger partial charge in [0.05, 0.1) is 0 Å². The average Bonchev–Trinajstić information content (AvgIpc) is 3.18. The highest BCUT2D eigenvalue weighted by atomic mass is 79.9. The van der Waals surface area contributed by atoms with E-state index < -0.39 is 17.9 Å². The van der Waals surface area contributed by atoms with E-state index in [4.69, 9.17) is 4.74 Å². The molecule has 4 rings (SSSR count). The maximum Gasteiger partial charge on any atom is 0.326 e. The van der Waals surface area contributed by atoms with Crippen molar-refractivity contribution in [3.63, 3.8) is 0 Å². The van der Waals surface area contributed by atoms with E-state index in [9.17, 15) is 14.7 Å². The molecule has 6 heteroatoms. The number of carbonyl (C=O) groups is 2. The standard InChI is InChI=1S/C17H18BrNO4/c18-10-4-5-14-12(6-10)13(8-23-14)16(20)19-7-9-2-1-3-11(9)15(19)17(21)22/h4-6,9,11,13,15H,1-3,7-8H2,(H,21,22). The van der Waals surface area contributed by atoms with Gasteiger partial charge in [0.15, 0.2) is 0 Å². The molecule has 5 nitrogen and oxygen atoms in total. The molecular weight excluding hydrogens is 362 g/mol. The van der Waals surface area contributed by atoms with Crippen LogP contribution in [0.3, 0.4) is 0 Å². The van der Waals surface area contributed by atoms with E-state index in [1.165, 1.54) is 0 Å². The number of carboxylic acid groups (broad SMARTS) is 1. The zero-order chi connectivity index (χ0) is 16.1. The lowest BCUT2D eigenvalue weighted by Gasteiger charge is -2.26. The molecule has 1 saturated carbocycles. The molecule has 2 heterocycles. The molecule has 1 aromatic carbocycles. The van der Waals surface area contributed by atoms with E-state index in [-0.39, 0.29) is 11.8 Å². The number of benzene rings is 1. The van der Waals surface area contributed by atoms with Crippen LogP contribution in [0.2, 0.25) is 0 Å². The first-order valence-corrected chi connectivity index (χ1v) is 8.81. The van der Waals surface area contributed by atoms with Crippen molar-refractivity contribution >= 4 is 27.8 Å². The second-order valence-corrected chi connectivity index (χ2v) is 7.59. The molecule has 1 aromatic rings. The number of aliphatic carboxylic acids is 1. The van der Waals surface area contributed by atoms with Crippen LogP contribution in [0.1, 0.15) is 30.7 Å². The molecule has 4 unspecified atom stereocenters. The van der Waals surface area contributed by atoms with Crippen LogP contribution in [0.4, 0.5) is 0 Å². The molecule has 2 fully saturated rings. The minimum atomic E-state index is -0.874. The number of fused-ring (bicyclic) bond motifs is 2. The topological polar surface area (TPSA) is 66.8 Å². The molecule has 122 valence electrons. The molecule has 3 aliphatic rings. The zero-order valence-electron chi connectivity index (χ0n) is 12.6. The maximum absolute atomic E-state index is 13.0. The second kappa shape index (κ2) is 5.51. The Morgan fingerprint density at radius 2 is 2.13 bits per heavy atom. The quantitative estimate of drug-likeness (QED) is 0.857. The van der Waals surface area contributed by atoms with E-state index >= 15 is 0 Å². The Labute approximate surface area is 142 Å². The summed E-state index contributed by atoms with van der Waals surface area (Å²) < 4.78 is 6.52. The summed E-state index contributed by atoms with van der Waals surface area (Å²) in [4.78, 5) is 26.4. The van der Waals surface area contributed by atoms with Crippen LogP contribution in [0.5, 0.6) is 5.75 Å². The van der Waals surface area contributed by atoms with Crippen LogP contribution >= 0.6 is 15.9 Å². The normalized spacial score (nSPS) is 31.6. The molecule has 1 saturated heterocycles. The van der Waals surface area contributed by atoms with E-state index in [1.807, 2.05) is 18.2 Å². The summed E-state index contributed by atoms with van der Waals surface area (Å²) in [7, 11) is 0. The summed E-state index contributed by atoms with van der Waals surface area (Å²) in [6.07, 6.45) is 3.01. The summed E-state index contributed by atoms with van der Waals surface area (Å²) in [5.74, 6) is -0.212. The van der Waals surface area contributed by atoms with Gasteiger partial charge in [0, 0.05) is 16.6 Å². The first-order chi connectivity index (χ1) is 11.1. The van der Waals surface area contributed by atoms with Gasteiger partial charge in [-0.1, -0.05) is 22.4 Å². The average molecular weight is 380 g/mol. The minimum Gasteiger partial charge on any atom is -0.492 e. The van der Waals surface area contributed by atoms with Gasteiger partial charge >= 0.3 is 5.97 Å². The first kappa shape index (κ1) is 15.0. The summed E-state index contributed by atoms with van der Waals surface area (Å²) in [6, 6.07) is 4.95. The highest BCUT2D eigenvalue weighted by Crippen LogP contribution is 2.44. The van der Waals surface area contributed by atoms with Gasteiger partial charge in [0.1, 0.15) is 24.3 Å². The molecule has 0 radical (unpaired) electrons. The Morgan fingerprint density at radius 3 is 2.91 bits per heavy atom. The largest absolute Gasteiger partial charge is 0.492 e. The van der Waals surface area contributed by atoms with E-state index in [1.54, 1.807) is 4.90 Å². The van der Waals surface area contributed by atoms with Crippen molar-refractivity contribution in [1.82, 2.24) is 4.90 Å². The van der Waals surface area contributed by atoms with Gasteiger partial charge < -0.3 is 14.7 Å². The van der Waals surface area contributed by atoms with Crippen molar-refractivity contribution in [2.45, 2.75) is 31.2 Å². The minimum absolute atomic E-state index is 0.108. The van der Waals surface area contributed by atoms with Crippen molar-refractivity contribution in [3.8, 4) is 5.75 Å². The summed E-state index contributed by atoms with van der Waals surface area (Å²) >= 11 is 3.42. The number of carboxylic acids is 1.